The van der Waals surface area contributed by atoms with Crippen LogP contribution in [0.1, 0.15) is 22.9 Å². The number of allylic oxidation sites excluding steroid dienone is 1. The summed E-state index contributed by atoms with van der Waals surface area (Å²) >= 11 is 3.87. The average molecular weight is 673 g/mol. The summed E-state index contributed by atoms with van der Waals surface area (Å²) in [6, 6.07) is 19.7. The van der Waals surface area contributed by atoms with Crippen molar-refractivity contribution >= 4 is 63.5 Å². The molecule has 3 N–H and O–H groups in total. The first-order valence-electron chi connectivity index (χ1n) is 13.9. The Balaban J connectivity index is 1.41. The van der Waals surface area contributed by atoms with E-state index in [1.807, 2.05) is 66.7 Å². The van der Waals surface area contributed by atoms with Gasteiger partial charge in [-0.05, 0) is 22.1 Å². The van der Waals surface area contributed by atoms with Gasteiger partial charge in [0.25, 0.3) is 11.8 Å². The second-order valence-electron chi connectivity index (χ2n) is 9.76. The van der Waals surface area contributed by atoms with Crippen molar-refractivity contribution in [1.29, 1.82) is 5.26 Å². The quantitative estimate of drug-likeness (QED) is 0.0507. The SMILES string of the molecule is C=CCON=C(C(=O)NC1C(=O)N2C(C(=O)OC(c3ccccc3)c3ccccc3)=C(CS/C=C/C#N)CS[C@H]12)c1csc(N)n1. The third-order valence-electron chi connectivity index (χ3n) is 6.78. The summed E-state index contributed by atoms with van der Waals surface area (Å²) in [5.41, 5.74) is 8.16. The van der Waals surface area contributed by atoms with Crippen molar-refractivity contribution < 1.29 is 24.0 Å². The largest absolute Gasteiger partial charge is 0.448 e. The van der Waals surface area contributed by atoms with Gasteiger partial charge >= 0.3 is 5.97 Å². The van der Waals surface area contributed by atoms with Gasteiger partial charge in [0, 0.05) is 23.0 Å². The number of nitrogens with one attached hydrogen (secondary N) is 1. The number of rotatable bonds is 13. The molecule has 0 radical (unpaired) electrons. The zero-order valence-electron chi connectivity index (χ0n) is 24.3. The third kappa shape index (κ3) is 7.34. The number of nitrogens with two attached hydrogens (primary N) is 1. The fourth-order valence-electron chi connectivity index (χ4n) is 4.72. The lowest BCUT2D eigenvalue weighted by Gasteiger charge is -2.49. The molecule has 2 amide bonds. The number of carbonyl (C=O) groups is 3. The normalized spacial score (nSPS) is 17.7. The second-order valence-corrected chi connectivity index (χ2v) is 12.6. The Morgan fingerprint density at radius 2 is 1.91 bits per heavy atom. The number of anilines is 1. The molecule has 46 heavy (non-hydrogen) atoms. The molecule has 0 saturated carbocycles. The van der Waals surface area contributed by atoms with E-state index >= 15 is 0 Å². The van der Waals surface area contributed by atoms with Crippen LogP contribution in [0.15, 0.2) is 107 Å². The van der Waals surface area contributed by atoms with Crippen molar-refractivity contribution in [3.05, 3.63) is 118 Å². The van der Waals surface area contributed by atoms with Gasteiger partial charge < -0.3 is 20.6 Å². The van der Waals surface area contributed by atoms with Crippen LogP contribution in [0.25, 0.3) is 0 Å². The summed E-state index contributed by atoms with van der Waals surface area (Å²) in [6.45, 7) is 3.62. The van der Waals surface area contributed by atoms with E-state index in [4.69, 9.17) is 20.6 Å². The number of thiazole rings is 1. The number of esters is 1. The van der Waals surface area contributed by atoms with Gasteiger partial charge in [-0.1, -0.05) is 78.5 Å². The number of nitrogens with zero attached hydrogens (tertiary/aromatic N) is 4. The second kappa shape index (κ2) is 15.4. The zero-order chi connectivity index (χ0) is 32.5. The predicted molar refractivity (Wildman–Crippen MR) is 179 cm³/mol. The Labute approximate surface area is 277 Å². The minimum absolute atomic E-state index is 0.0541. The van der Waals surface area contributed by atoms with Crippen LogP contribution >= 0.6 is 34.9 Å². The molecule has 234 valence electrons. The molecule has 1 fully saturated rings. The summed E-state index contributed by atoms with van der Waals surface area (Å²) in [6.07, 6.45) is 2.09. The molecule has 2 atom stereocenters. The van der Waals surface area contributed by atoms with Gasteiger partial charge in [0.2, 0.25) is 0 Å². The number of thioether (sulfide) groups is 2. The Hall–Kier alpha value is -4.84. The molecular weight excluding hydrogens is 645 g/mol. The first kappa shape index (κ1) is 32.6. The van der Waals surface area contributed by atoms with Crippen LogP contribution in [0, 0.1) is 11.3 Å². The lowest BCUT2D eigenvalue weighted by atomic mass is 10.0. The van der Waals surface area contributed by atoms with Gasteiger partial charge in [-0.15, -0.1) is 34.9 Å². The van der Waals surface area contributed by atoms with Crippen molar-refractivity contribution in [1.82, 2.24) is 15.2 Å². The van der Waals surface area contributed by atoms with Gasteiger partial charge in [-0.25, -0.2) is 9.78 Å². The number of hydrogen-bond acceptors (Lipinski definition) is 12. The maximum atomic E-state index is 14.0. The number of ether oxygens (including phenoxy) is 1. The number of hydrogen-bond donors (Lipinski definition) is 2. The first-order valence-corrected chi connectivity index (χ1v) is 16.9. The van der Waals surface area contributed by atoms with Crippen LogP contribution in [0.3, 0.4) is 0 Å². The zero-order valence-corrected chi connectivity index (χ0v) is 26.7. The van der Waals surface area contributed by atoms with Crippen LogP contribution in [0.2, 0.25) is 0 Å². The Morgan fingerprint density at radius 1 is 1.22 bits per heavy atom. The van der Waals surface area contributed by atoms with Gasteiger partial charge in [0.15, 0.2) is 16.9 Å². The lowest BCUT2D eigenvalue weighted by Crippen LogP contribution is -2.71. The summed E-state index contributed by atoms with van der Waals surface area (Å²) in [5.74, 6) is -1.08. The van der Waals surface area contributed by atoms with Crippen molar-refractivity contribution in [3.63, 3.8) is 0 Å². The number of fused-ring (bicyclic) bond motifs is 1. The number of aromatic nitrogens is 1. The smallest absolute Gasteiger partial charge is 0.356 e. The van der Waals surface area contributed by atoms with E-state index in [9.17, 15) is 14.4 Å². The lowest BCUT2D eigenvalue weighted by molar-refractivity contribution is -0.154. The molecule has 0 aliphatic carbocycles. The average Bonchev–Trinajstić information content (AvgIpc) is 3.52. The molecule has 1 saturated heterocycles. The summed E-state index contributed by atoms with van der Waals surface area (Å²) in [4.78, 5) is 51.8. The predicted octanol–water partition coefficient (Wildman–Crippen LogP) is 4.39. The molecule has 0 spiro atoms. The number of nitrogen functional groups attached to an aromatic ring is 1. The monoisotopic (exact) mass is 672 g/mol. The maximum absolute atomic E-state index is 14.0. The van der Waals surface area contributed by atoms with E-state index in [2.05, 4.69) is 22.0 Å². The van der Waals surface area contributed by atoms with E-state index in [0.717, 1.165) is 22.5 Å². The number of benzene rings is 2. The fourth-order valence-corrected chi connectivity index (χ4v) is 7.44. The highest BCUT2D eigenvalue weighted by Crippen LogP contribution is 2.42. The molecule has 2 aliphatic heterocycles. The number of oxime groups is 1. The van der Waals surface area contributed by atoms with Crippen LogP contribution < -0.4 is 11.1 Å². The van der Waals surface area contributed by atoms with E-state index < -0.39 is 35.3 Å². The number of nitriles is 1. The molecule has 2 aliphatic rings. The highest BCUT2D eigenvalue weighted by molar-refractivity contribution is 8.02. The molecule has 14 heteroatoms. The highest BCUT2D eigenvalue weighted by atomic mass is 32.2. The van der Waals surface area contributed by atoms with Crippen molar-refractivity contribution in [2.45, 2.75) is 17.5 Å². The Bertz CT molecular complexity index is 1700. The third-order valence-corrected chi connectivity index (χ3v) is 9.64. The van der Waals surface area contributed by atoms with Crippen LogP contribution in [0.4, 0.5) is 5.13 Å². The standard InChI is InChI=1S/C32H28N6O5S3/c1-2-15-42-37-24(23-19-46-32(34)35-23)28(39)36-25-29(40)38-26(22(18-45-30(25)38)17-44-16-9-14-33)31(41)43-27(20-10-5-3-6-11-20)21-12-7-4-8-13-21/h2-13,16,19,25,27,30H,1,15,17-18H2,(H2,34,35)(H,36,39)/b16-9+,37-24?/t25?,30-/m1/s1. The molecule has 0 bridgehead atoms. The highest BCUT2D eigenvalue weighted by Gasteiger charge is 2.55. The van der Waals surface area contributed by atoms with Crippen LogP contribution in [0.5, 0.6) is 0 Å². The summed E-state index contributed by atoms with van der Waals surface area (Å²) in [7, 11) is 0. The molecule has 11 nitrogen and oxygen atoms in total. The van der Waals surface area contributed by atoms with Crippen LogP contribution in [-0.4, -0.2) is 62.9 Å². The molecule has 5 rings (SSSR count). The van der Waals surface area contributed by atoms with E-state index in [-0.39, 0.29) is 28.8 Å². The first-order chi connectivity index (χ1) is 22.4. The van der Waals surface area contributed by atoms with E-state index in [0.29, 0.717) is 17.1 Å². The molecule has 3 aromatic rings. The van der Waals surface area contributed by atoms with Crippen LogP contribution in [-0.2, 0) is 24.0 Å². The fraction of sp³-hybridized carbons (Fsp3) is 0.188. The summed E-state index contributed by atoms with van der Waals surface area (Å²) in [5, 5.41) is 18.4. The Kier molecular flexibility index (Phi) is 10.9. The maximum Gasteiger partial charge on any atom is 0.356 e. The minimum atomic E-state index is -0.951. The molecule has 3 heterocycles. The molecule has 2 aromatic carbocycles. The number of β-lactam (4-membered cyclic amide) rings is 1. The topological polar surface area (TPSA) is 160 Å². The molecule has 1 unspecified atom stereocenters. The Morgan fingerprint density at radius 3 is 2.52 bits per heavy atom. The minimum Gasteiger partial charge on any atom is -0.448 e. The van der Waals surface area contributed by atoms with Crippen molar-refractivity contribution in [2.24, 2.45) is 5.16 Å². The van der Waals surface area contributed by atoms with Gasteiger partial charge in [0.05, 0.1) is 6.07 Å². The number of carbonyl (C=O) groups excluding carboxylic acids is 3. The molecule has 1 aromatic heterocycles. The van der Waals surface area contributed by atoms with Crippen molar-refractivity contribution in [3.8, 4) is 6.07 Å². The summed E-state index contributed by atoms with van der Waals surface area (Å²) < 4.78 is 6.16. The molecular formula is C32H28N6O5S3. The van der Waals surface area contributed by atoms with Gasteiger partial charge in [-0.3, -0.25) is 14.5 Å². The van der Waals surface area contributed by atoms with Crippen molar-refractivity contribution in [2.75, 3.05) is 23.8 Å². The van der Waals surface area contributed by atoms with Gasteiger partial charge in [0.1, 0.15) is 29.4 Å². The number of amides is 2. The van der Waals surface area contributed by atoms with Gasteiger partial charge in [-0.2, -0.15) is 5.26 Å². The van der Waals surface area contributed by atoms with E-state index in [1.165, 1.54) is 40.6 Å². The van der Waals surface area contributed by atoms with E-state index in [1.54, 1.807) is 10.8 Å².